The number of ether oxygens (including phenoxy) is 2. The molecule has 1 amide bonds. The second kappa shape index (κ2) is 8.90. The lowest BCUT2D eigenvalue weighted by Gasteiger charge is -2.20. The van der Waals surface area contributed by atoms with Gasteiger partial charge in [0.1, 0.15) is 30.1 Å². The van der Waals surface area contributed by atoms with Crippen molar-refractivity contribution in [1.29, 1.82) is 0 Å². The molecule has 0 aliphatic carbocycles. The average molecular weight is 464 g/mol. The van der Waals surface area contributed by atoms with Gasteiger partial charge < -0.3 is 19.4 Å². The number of pyridine rings is 2. The van der Waals surface area contributed by atoms with Crippen molar-refractivity contribution >= 4 is 22.8 Å². The number of aryl methyl sites for hydroxylation is 1. The number of cyclic esters (lactones) is 1. The number of anilines is 1. The van der Waals surface area contributed by atoms with Crippen LogP contribution in [0.4, 0.5) is 15.0 Å². The molecule has 8 nitrogen and oxygen atoms in total. The number of aromatic nitrogens is 2. The molecule has 1 aromatic carbocycles. The van der Waals surface area contributed by atoms with Crippen LogP contribution in [-0.4, -0.2) is 48.0 Å². The Labute approximate surface area is 195 Å². The fourth-order valence-corrected chi connectivity index (χ4v) is 4.43. The summed E-state index contributed by atoms with van der Waals surface area (Å²) >= 11 is 0. The van der Waals surface area contributed by atoms with Gasteiger partial charge in [-0.1, -0.05) is 6.58 Å². The molecule has 4 heterocycles. The number of nitrogens with one attached hydrogen (secondary N) is 1. The summed E-state index contributed by atoms with van der Waals surface area (Å²) in [6.07, 6.45) is 0.192. The molecule has 2 aliphatic rings. The third-order valence-electron chi connectivity index (χ3n) is 6.17. The predicted molar refractivity (Wildman–Crippen MR) is 126 cm³/mol. The van der Waals surface area contributed by atoms with E-state index < -0.39 is 6.09 Å². The molecule has 176 valence electrons. The molecule has 0 saturated carbocycles. The summed E-state index contributed by atoms with van der Waals surface area (Å²) in [6, 6.07) is 9.84. The number of rotatable bonds is 6. The smallest absolute Gasteiger partial charge is 0.415 e. The SMILES string of the molecule is C=C1COc2ccc(N3C[C@H](CNCCc4c(F)ccc5ccc(=O)n(C)c45)OC3=O)nc2C1. The molecule has 1 atom stereocenters. The zero-order chi connectivity index (χ0) is 23.8. The summed E-state index contributed by atoms with van der Waals surface area (Å²) in [6.45, 7) is 5.66. The number of fused-ring (bicyclic) bond motifs is 2. The molecular formula is C25H25FN4O4. The van der Waals surface area contributed by atoms with Crippen LogP contribution in [0, 0.1) is 5.82 Å². The molecule has 1 saturated heterocycles. The van der Waals surface area contributed by atoms with Gasteiger partial charge in [0, 0.05) is 31.6 Å². The van der Waals surface area contributed by atoms with Crippen molar-refractivity contribution in [2.45, 2.75) is 18.9 Å². The highest BCUT2D eigenvalue weighted by Gasteiger charge is 2.33. The van der Waals surface area contributed by atoms with Gasteiger partial charge in [-0.2, -0.15) is 0 Å². The Bertz CT molecular complexity index is 1350. The number of hydrogen-bond donors (Lipinski definition) is 1. The highest BCUT2D eigenvalue weighted by molar-refractivity contribution is 5.88. The summed E-state index contributed by atoms with van der Waals surface area (Å²) in [4.78, 5) is 30.5. The molecule has 1 fully saturated rings. The maximum absolute atomic E-state index is 14.6. The summed E-state index contributed by atoms with van der Waals surface area (Å²) in [5.41, 5.74) is 2.59. The van der Waals surface area contributed by atoms with Crippen molar-refractivity contribution in [2.24, 2.45) is 7.05 Å². The molecule has 0 spiro atoms. The number of carbonyl (C=O) groups is 1. The minimum Gasteiger partial charge on any atom is -0.487 e. The molecular weight excluding hydrogens is 439 g/mol. The van der Waals surface area contributed by atoms with Crippen LogP contribution < -0.4 is 20.5 Å². The molecule has 3 aromatic rings. The second-order valence-corrected chi connectivity index (χ2v) is 8.59. The van der Waals surface area contributed by atoms with Crippen molar-refractivity contribution in [1.82, 2.24) is 14.9 Å². The fourth-order valence-electron chi connectivity index (χ4n) is 4.43. The van der Waals surface area contributed by atoms with Crippen LogP contribution in [0.1, 0.15) is 11.3 Å². The van der Waals surface area contributed by atoms with Crippen LogP contribution in [0.15, 0.2) is 53.3 Å². The summed E-state index contributed by atoms with van der Waals surface area (Å²) < 4.78 is 27.1. The Balaban J connectivity index is 1.21. The molecule has 0 radical (unpaired) electrons. The molecule has 0 bridgehead atoms. The van der Waals surface area contributed by atoms with Crippen LogP contribution in [0.25, 0.3) is 10.9 Å². The largest absolute Gasteiger partial charge is 0.487 e. The van der Waals surface area contributed by atoms with E-state index in [1.165, 1.54) is 21.6 Å². The van der Waals surface area contributed by atoms with Gasteiger partial charge in [0.2, 0.25) is 0 Å². The zero-order valence-electron chi connectivity index (χ0n) is 18.8. The van der Waals surface area contributed by atoms with Crippen molar-refractivity contribution < 1.29 is 18.7 Å². The van der Waals surface area contributed by atoms with Crippen molar-refractivity contribution in [3.8, 4) is 5.75 Å². The first-order chi connectivity index (χ1) is 16.4. The Morgan fingerprint density at radius 3 is 2.88 bits per heavy atom. The lowest BCUT2D eigenvalue weighted by molar-refractivity contribution is 0.140. The van der Waals surface area contributed by atoms with E-state index in [4.69, 9.17) is 9.47 Å². The summed E-state index contributed by atoms with van der Waals surface area (Å²) in [7, 11) is 1.64. The number of amides is 1. The Hall–Kier alpha value is -3.72. The van der Waals surface area contributed by atoms with Gasteiger partial charge in [-0.05, 0) is 54.3 Å². The van der Waals surface area contributed by atoms with E-state index >= 15 is 0 Å². The molecule has 34 heavy (non-hydrogen) atoms. The number of benzene rings is 1. The second-order valence-electron chi connectivity index (χ2n) is 8.59. The topological polar surface area (TPSA) is 85.7 Å². The maximum Gasteiger partial charge on any atom is 0.415 e. The molecule has 0 unspecified atom stereocenters. The lowest BCUT2D eigenvalue weighted by Crippen LogP contribution is -2.32. The Morgan fingerprint density at radius 2 is 2.03 bits per heavy atom. The number of carbonyl (C=O) groups excluding carboxylic acids is 1. The number of nitrogens with zero attached hydrogens (tertiary/aromatic N) is 3. The molecule has 9 heteroatoms. The van der Waals surface area contributed by atoms with E-state index in [0.717, 1.165) is 16.7 Å². The first kappa shape index (κ1) is 22.1. The highest BCUT2D eigenvalue weighted by Crippen LogP contribution is 2.29. The maximum atomic E-state index is 14.6. The van der Waals surface area contributed by atoms with E-state index in [1.807, 2.05) is 6.07 Å². The summed E-state index contributed by atoms with van der Waals surface area (Å²) in [5.74, 6) is 0.877. The summed E-state index contributed by atoms with van der Waals surface area (Å²) in [5, 5.41) is 4.05. The minimum atomic E-state index is -0.454. The van der Waals surface area contributed by atoms with Crippen LogP contribution >= 0.6 is 0 Å². The fraction of sp³-hybridized carbons (Fsp3) is 0.320. The molecule has 5 rings (SSSR count). The van der Waals surface area contributed by atoms with E-state index in [-0.39, 0.29) is 17.5 Å². The third-order valence-corrected chi connectivity index (χ3v) is 6.17. The van der Waals surface area contributed by atoms with Gasteiger partial charge >= 0.3 is 6.09 Å². The van der Waals surface area contributed by atoms with Crippen molar-refractivity contribution in [3.05, 3.63) is 76.0 Å². The minimum absolute atomic E-state index is 0.183. The normalized spacial score (nSPS) is 17.6. The third kappa shape index (κ3) is 4.14. The van der Waals surface area contributed by atoms with Gasteiger partial charge in [0.25, 0.3) is 5.56 Å². The number of halogens is 1. The van der Waals surface area contributed by atoms with E-state index in [9.17, 15) is 14.0 Å². The van der Waals surface area contributed by atoms with Gasteiger partial charge in [0.05, 0.1) is 17.8 Å². The molecule has 1 N–H and O–H groups in total. The van der Waals surface area contributed by atoms with Crippen LogP contribution in [0.5, 0.6) is 5.75 Å². The quantitative estimate of drug-likeness (QED) is 0.446. The highest BCUT2D eigenvalue weighted by atomic mass is 19.1. The zero-order valence-corrected chi connectivity index (χ0v) is 18.8. The molecule has 2 aliphatic heterocycles. The van der Waals surface area contributed by atoms with Crippen LogP contribution in [0.2, 0.25) is 0 Å². The van der Waals surface area contributed by atoms with Gasteiger partial charge in [-0.25, -0.2) is 14.2 Å². The first-order valence-electron chi connectivity index (χ1n) is 11.2. The average Bonchev–Trinajstić information content (AvgIpc) is 3.20. The van der Waals surface area contributed by atoms with Crippen LogP contribution in [-0.2, 0) is 24.6 Å². The van der Waals surface area contributed by atoms with Gasteiger partial charge in [-0.3, -0.25) is 9.69 Å². The Morgan fingerprint density at radius 1 is 1.21 bits per heavy atom. The molecule has 2 aromatic heterocycles. The monoisotopic (exact) mass is 464 g/mol. The van der Waals surface area contributed by atoms with Crippen molar-refractivity contribution in [2.75, 3.05) is 31.1 Å². The number of hydrogen-bond acceptors (Lipinski definition) is 6. The van der Waals surface area contributed by atoms with E-state index in [0.29, 0.717) is 61.7 Å². The lowest BCUT2D eigenvalue weighted by atomic mass is 10.1. The van der Waals surface area contributed by atoms with Gasteiger partial charge in [-0.15, -0.1) is 0 Å². The Kier molecular flexibility index (Phi) is 5.79. The standard InChI is InChI=1S/C25H25FN4O4/c1-15-11-20-21(33-14-15)6-7-22(28-20)30-13-17(34-25(30)32)12-27-10-9-18-19(26)5-3-16-4-8-23(31)29(2)24(16)18/h3-8,17,27H,1,9-14H2,2H3/t17-/m0/s1. The van der Waals surface area contributed by atoms with Crippen LogP contribution in [0.3, 0.4) is 0 Å². The first-order valence-corrected chi connectivity index (χ1v) is 11.2. The predicted octanol–water partition coefficient (Wildman–Crippen LogP) is 2.72. The van der Waals surface area contributed by atoms with Crippen molar-refractivity contribution in [3.63, 3.8) is 0 Å². The van der Waals surface area contributed by atoms with E-state index in [2.05, 4.69) is 16.9 Å². The van der Waals surface area contributed by atoms with E-state index in [1.54, 1.807) is 25.2 Å². The van der Waals surface area contributed by atoms with Gasteiger partial charge in [0.15, 0.2) is 0 Å².